The van der Waals surface area contributed by atoms with E-state index >= 15 is 0 Å². The monoisotopic (exact) mass is 359 g/mol. The zero-order chi connectivity index (χ0) is 16.4. The number of hydrogen-bond donors (Lipinski definition) is 1. The summed E-state index contributed by atoms with van der Waals surface area (Å²) < 4.78 is 11.0. The quantitative estimate of drug-likeness (QED) is 0.775. The van der Waals surface area contributed by atoms with Crippen molar-refractivity contribution < 1.29 is 14.3 Å². The molecule has 0 unspecified atom stereocenters. The molecular weight excluding hydrogens is 346 g/mol. The van der Waals surface area contributed by atoms with Crippen molar-refractivity contribution in [3.63, 3.8) is 0 Å². The Balaban J connectivity index is 1.43. The first-order chi connectivity index (χ1) is 11.8. The van der Waals surface area contributed by atoms with Crippen molar-refractivity contribution in [2.45, 2.75) is 6.54 Å². The maximum Gasteiger partial charge on any atom is 0.265 e. The Kier molecular flexibility index (Phi) is 4.14. The number of hydrogen-bond acceptors (Lipinski definition) is 7. The van der Waals surface area contributed by atoms with E-state index in [1.54, 1.807) is 5.38 Å². The summed E-state index contributed by atoms with van der Waals surface area (Å²) in [6, 6.07) is 9.84. The van der Waals surface area contributed by atoms with Crippen LogP contribution < -0.4 is 14.8 Å². The average Bonchev–Trinajstić information content (AvgIpc) is 3.27. The number of thiophene rings is 1. The fourth-order valence-corrected chi connectivity index (χ4v) is 3.91. The molecule has 1 N–H and O–H groups in total. The fourth-order valence-electron chi connectivity index (χ4n) is 2.28. The molecule has 0 aliphatic carbocycles. The van der Waals surface area contributed by atoms with Gasteiger partial charge in [0.15, 0.2) is 11.5 Å². The van der Waals surface area contributed by atoms with Gasteiger partial charge in [0.2, 0.25) is 0 Å². The molecule has 24 heavy (non-hydrogen) atoms. The van der Waals surface area contributed by atoms with Crippen LogP contribution in [0.1, 0.15) is 14.7 Å². The van der Waals surface area contributed by atoms with Crippen LogP contribution in [-0.2, 0) is 6.54 Å². The van der Waals surface area contributed by atoms with Gasteiger partial charge in [-0.05, 0) is 0 Å². The molecule has 2 aromatic heterocycles. The van der Waals surface area contributed by atoms with Gasteiger partial charge in [-0.25, -0.2) is 0 Å². The van der Waals surface area contributed by atoms with E-state index in [-0.39, 0.29) is 5.91 Å². The number of amides is 1. The standard InChI is InChI=1S/C16H13N3O3S2/c20-15(14-13-11(9-23-14)21-6-7-22-13)17-8-12-18-19-16(24-12)10-4-2-1-3-5-10/h1-5,9H,6-8H2,(H,17,20). The fraction of sp³-hybridized carbons (Fsp3) is 0.188. The Labute approximate surface area is 146 Å². The molecule has 4 rings (SSSR count). The second-order valence-corrected chi connectivity index (χ2v) is 6.95. The second-order valence-electron chi connectivity index (χ2n) is 5.00. The van der Waals surface area contributed by atoms with Crippen LogP contribution >= 0.6 is 22.7 Å². The molecule has 0 spiro atoms. The average molecular weight is 359 g/mol. The molecule has 1 aliphatic heterocycles. The maximum absolute atomic E-state index is 12.3. The van der Waals surface area contributed by atoms with Crippen molar-refractivity contribution in [2.24, 2.45) is 0 Å². The molecule has 122 valence electrons. The van der Waals surface area contributed by atoms with Gasteiger partial charge < -0.3 is 14.8 Å². The van der Waals surface area contributed by atoms with Crippen molar-refractivity contribution in [1.29, 1.82) is 0 Å². The largest absolute Gasteiger partial charge is 0.485 e. The van der Waals surface area contributed by atoms with Crippen molar-refractivity contribution >= 4 is 28.6 Å². The van der Waals surface area contributed by atoms with Gasteiger partial charge in [-0.15, -0.1) is 21.5 Å². The Morgan fingerprint density at radius 2 is 2.00 bits per heavy atom. The summed E-state index contributed by atoms with van der Waals surface area (Å²) in [5, 5.41) is 14.6. The number of fused-ring (bicyclic) bond motifs is 1. The van der Waals surface area contributed by atoms with Gasteiger partial charge in [0.25, 0.3) is 5.91 Å². The molecule has 3 aromatic rings. The normalized spacial score (nSPS) is 12.8. The molecule has 0 saturated heterocycles. The molecule has 0 radical (unpaired) electrons. The van der Waals surface area contributed by atoms with Gasteiger partial charge in [0, 0.05) is 10.9 Å². The van der Waals surface area contributed by atoms with Gasteiger partial charge in [-0.2, -0.15) is 0 Å². The second kappa shape index (κ2) is 6.58. The Hall–Kier alpha value is -2.45. The number of ether oxygens (including phenoxy) is 2. The van der Waals surface area contributed by atoms with Crippen molar-refractivity contribution in [3.8, 4) is 22.1 Å². The van der Waals surface area contributed by atoms with Crippen LogP contribution in [-0.4, -0.2) is 29.3 Å². The number of rotatable bonds is 4. The molecule has 1 amide bonds. The van der Waals surface area contributed by atoms with E-state index < -0.39 is 0 Å². The minimum absolute atomic E-state index is 0.191. The van der Waals surface area contributed by atoms with Crippen molar-refractivity contribution in [3.05, 3.63) is 45.6 Å². The van der Waals surface area contributed by atoms with Gasteiger partial charge in [0.1, 0.15) is 28.1 Å². The third-order valence-corrected chi connectivity index (χ3v) is 5.31. The lowest BCUT2D eigenvalue weighted by atomic mass is 10.2. The van der Waals surface area contributed by atoms with E-state index in [9.17, 15) is 4.79 Å². The van der Waals surface area contributed by atoms with Crippen molar-refractivity contribution in [2.75, 3.05) is 13.2 Å². The smallest absolute Gasteiger partial charge is 0.265 e. The lowest BCUT2D eigenvalue weighted by molar-refractivity contribution is 0.0945. The first-order valence-electron chi connectivity index (χ1n) is 7.34. The van der Waals surface area contributed by atoms with Gasteiger partial charge in [-0.1, -0.05) is 41.7 Å². The van der Waals surface area contributed by atoms with Crippen molar-refractivity contribution in [1.82, 2.24) is 15.5 Å². The molecule has 0 atom stereocenters. The minimum Gasteiger partial charge on any atom is -0.485 e. The SMILES string of the molecule is O=C(NCc1nnc(-c2ccccc2)s1)c1scc2c1OCCO2. The van der Waals surface area contributed by atoms with Crippen LogP contribution in [0.15, 0.2) is 35.7 Å². The number of carbonyl (C=O) groups excluding carboxylic acids is 1. The molecule has 0 bridgehead atoms. The topological polar surface area (TPSA) is 73.3 Å². The minimum atomic E-state index is -0.191. The van der Waals surface area contributed by atoms with Gasteiger partial charge >= 0.3 is 0 Å². The van der Waals surface area contributed by atoms with Crippen LogP contribution in [0.2, 0.25) is 0 Å². The predicted octanol–water partition coefficient (Wildman–Crippen LogP) is 2.97. The molecular formula is C16H13N3O3S2. The van der Waals surface area contributed by atoms with E-state index in [1.165, 1.54) is 22.7 Å². The highest BCUT2D eigenvalue weighted by Crippen LogP contribution is 2.39. The Morgan fingerprint density at radius 3 is 2.88 bits per heavy atom. The summed E-state index contributed by atoms with van der Waals surface area (Å²) in [6.45, 7) is 1.30. The summed E-state index contributed by atoms with van der Waals surface area (Å²) in [6.07, 6.45) is 0. The lowest BCUT2D eigenvalue weighted by Gasteiger charge is -2.15. The lowest BCUT2D eigenvalue weighted by Crippen LogP contribution is -2.23. The molecule has 1 aliphatic rings. The molecule has 3 heterocycles. The third kappa shape index (κ3) is 2.98. The first kappa shape index (κ1) is 15.1. The highest BCUT2D eigenvalue weighted by Gasteiger charge is 2.23. The number of carbonyl (C=O) groups is 1. The molecule has 8 heteroatoms. The summed E-state index contributed by atoms with van der Waals surface area (Å²) >= 11 is 2.78. The maximum atomic E-state index is 12.3. The number of aromatic nitrogens is 2. The zero-order valence-corrected chi connectivity index (χ0v) is 14.2. The summed E-state index contributed by atoms with van der Waals surface area (Å²) in [7, 11) is 0. The van der Waals surface area contributed by atoms with Crippen LogP contribution in [0.5, 0.6) is 11.5 Å². The molecule has 0 saturated carbocycles. The Morgan fingerprint density at radius 1 is 1.17 bits per heavy atom. The summed E-state index contributed by atoms with van der Waals surface area (Å²) in [5.41, 5.74) is 1.02. The molecule has 0 fully saturated rings. The molecule has 6 nitrogen and oxygen atoms in total. The Bertz CT molecular complexity index is 861. The van der Waals surface area contributed by atoms with Gasteiger partial charge in [0.05, 0.1) is 6.54 Å². The number of nitrogens with zero attached hydrogens (tertiary/aromatic N) is 2. The highest BCUT2D eigenvalue weighted by atomic mass is 32.1. The molecule has 1 aromatic carbocycles. The van der Waals surface area contributed by atoms with E-state index in [2.05, 4.69) is 15.5 Å². The van der Waals surface area contributed by atoms with E-state index in [4.69, 9.17) is 9.47 Å². The first-order valence-corrected chi connectivity index (χ1v) is 9.04. The van der Waals surface area contributed by atoms with Crippen LogP contribution in [0.4, 0.5) is 0 Å². The zero-order valence-electron chi connectivity index (χ0n) is 12.5. The third-order valence-electron chi connectivity index (χ3n) is 3.40. The van der Waals surface area contributed by atoms with E-state index in [0.717, 1.165) is 15.6 Å². The summed E-state index contributed by atoms with van der Waals surface area (Å²) in [4.78, 5) is 12.9. The van der Waals surface area contributed by atoms with Crippen LogP contribution in [0.25, 0.3) is 10.6 Å². The number of benzene rings is 1. The number of nitrogens with one attached hydrogen (secondary N) is 1. The highest BCUT2D eigenvalue weighted by molar-refractivity contribution is 7.14. The van der Waals surface area contributed by atoms with E-state index in [0.29, 0.717) is 36.1 Å². The van der Waals surface area contributed by atoms with E-state index in [1.807, 2.05) is 30.3 Å². The predicted molar refractivity (Wildman–Crippen MR) is 91.8 cm³/mol. The van der Waals surface area contributed by atoms with Crippen LogP contribution in [0, 0.1) is 0 Å². The van der Waals surface area contributed by atoms with Crippen LogP contribution in [0.3, 0.4) is 0 Å². The summed E-state index contributed by atoms with van der Waals surface area (Å²) in [5.74, 6) is 0.980. The van der Waals surface area contributed by atoms with Gasteiger partial charge in [-0.3, -0.25) is 4.79 Å².